The fourth-order valence-electron chi connectivity index (χ4n) is 9.34. The van der Waals surface area contributed by atoms with Gasteiger partial charge in [0.15, 0.2) is 0 Å². The fourth-order valence-corrected chi connectivity index (χ4v) is 9.34. The van der Waals surface area contributed by atoms with E-state index in [1.165, 1.54) is 269 Å². The van der Waals surface area contributed by atoms with Crippen LogP contribution in [0, 0.1) is 0 Å². The Kier molecular flexibility index (Phi) is 43.7. The Bertz CT molecular complexity index is 969. The minimum absolute atomic E-state index is 0.0221. The number of nitrogens with zero attached hydrogens (tertiary/aromatic N) is 2. The molecular formula is C55H106N2O4. The summed E-state index contributed by atoms with van der Waals surface area (Å²) < 4.78 is 5.49. The van der Waals surface area contributed by atoms with E-state index in [1.807, 2.05) is 0 Å². The van der Waals surface area contributed by atoms with Crippen LogP contribution in [0.25, 0.3) is 0 Å². The highest BCUT2D eigenvalue weighted by molar-refractivity contribution is 5.84. The van der Waals surface area contributed by atoms with Gasteiger partial charge in [0.25, 0.3) is 0 Å². The normalized spacial score (nSPS) is 14.0. The average Bonchev–Trinajstić information content (AvgIpc) is 3.60. The minimum Gasteiger partial charge on any atom is -0.481 e. The molecule has 0 bridgehead atoms. The van der Waals surface area contributed by atoms with Gasteiger partial charge in [0.05, 0.1) is 19.0 Å². The molecule has 0 aliphatic carbocycles. The third-order valence-electron chi connectivity index (χ3n) is 13.5. The zero-order chi connectivity index (χ0) is 43.9. The van der Waals surface area contributed by atoms with Gasteiger partial charge in [-0.15, -0.1) is 0 Å². The van der Waals surface area contributed by atoms with E-state index in [2.05, 4.69) is 18.7 Å². The van der Waals surface area contributed by atoms with E-state index >= 15 is 0 Å². The summed E-state index contributed by atoms with van der Waals surface area (Å²) in [5.74, 6) is 0.766. The van der Waals surface area contributed by atoms with Crippen molar-refractivity contribution in [3.63, 3.8) is 0 Å². The van der Waals surface area contributed by atoms with Gasteiger partial charge < -0.3 is 14.7 Å². The number of carbonyl (C=O) groups excluding carboxylic acids is 1. The second kappa shape index (κ2) is 46.4. The lowest BCUT2D eigenvalue weighted by Gasteiger charge is -2.25. The molecule has 0 spiro atoms. The van der Waals surface area contributed by atoms with Crippen LogP contribution in [0.5, 0.6) is 0 Å². The van der Waals surface area contributed by atoms with E-state index < -0.39 is 5.97 Å². The van der Waals surface area contributed by atoms with E-state index in [0.29, 0.717) is 25.5 Å². The number of aliphatic carboxylic acids is 1. The van der Waals surface area contributed by atoms with Crippen LogP contribution in [0.1, 0.15) is 309 Å². The van der Waals surface area contributed by atoms with Gasteiger partial charge in [0, 0.05) is 31.8 Å². The zero-order valence-corrected chi connectivity index (χ0v) is 41.3. The zero-order valence-electron chi connectivity index (χ0n) is 41.3. The van der Waals surface area contributed by atoms with Crippen molar-refractivity contribution in [3.05, 3.63) is 0 Å². The molecule has 0 amide bonds. The van der Waals surface area contributed by atoms with Crippen LogP contribution in [-0.4, -0.2) is 53.5 Å². The maximum absolute atomic E-state index is 12.1. The molecule has 1 heterocycles. The monoisotopic (exact) mass is 859 g/mol. The summed E-state index contributed by atoms with van der Waals surface area (Å²) in [4.78, 5) is 30.2. The molecule has 1 aliphatic rings. The van der Waals surface area contributed by atoms with Gasteiger partial charge in [-0.25, -0.2) is 0 Å². The van der Waals surface area contributed by atoms with Gasteiger partial charge in [-0.05, 0) is 39.0 Å². The molecule has 0 saturated carbocycles. The van der Waals surface area contributed by atoms with E-state index in [4.69, 9.17) is 14.8 Å². The summed E-state index contributed by atoms with van der Waals surface area (Å²) in [6.45, 7) is 7.48. The summed E-state index contributed by atoms with van der Waals surface area (Å²) in [5.41, 5.74) is 0. The van der Waals surface area contributed by atoms with Gasteiger partial charge in [-0.2, -0.15) is 0 Å². The Hall–Kier alpha value is -1.59. The Labute approximate surface area is 380 Å². The average molecular weight is 859 g/mol. The van der Waals surface area contributed by atoms with Gasteiger partial charge >= 0.3 is 11.9 Å². The number of aliphatic imine (C=N–C) groups is 1. The second-order valence-electron chi connectivity index (χ2n) is 19.5. The number of carboxylic acids is 1. The van der Waals surface area contributed by atoms with Crippen LogP contribution in [-0.2, 0) is 14.3 Å². The standard InChI is InChI=1S/C55H106N2O4/c1-3-4-5-6-7-8-9-10-20-25-30-35-40-45-50-61-55(60)48-43-38-33-28-23-18-12-11-15-19-24-29-34-39-44-49-57-52(2)51-56-53(57)46-41-36-31-26-21-16-13-14-17-22-27-32-37-42-47-54(58)59/h52H,3-51H2,1-2H3,(H,58,59). The van der Waals surface area contributed by atoms with E-state index in [1.54, 1.807) is 0 Å². The van der Waals surface area contributed by atoms with Gasteiger partial charge in [-0.3, -0.25) is 14.6 Å². The van der Waals surface area contributed by atoms with Crippen LogP contribution in [0.4, 0.5) is 0 Å². The van der Waals surface area contributed by atoms with E-state index in [0.717, 1.165) is 32.2 Å². The number of rotatable bonds is 50. The third-order valence-corrected chi connectivity index (χ3v) is 13.5. The molecule has 0 radical (unpaired) electrons. The number of esters is 1. The molecular weight excluding hydrogens is 753 g/mol. The van der Waals surface area contributed by atoms with Crippen molar-refractivity contribution in [1.29, 1.82) is 0 Å². The summed E-state index contributed by atoms with van der Waals surface area (Å²) in [6, 6.07) is 0.594. The Morgan fingerprint density at radius 3 is 1.20 bits per heavy atom. The van der Waals surface area contributed by atoms with Crippen molar-refractivity contribution < 1.29 is 19.4 Å². The maximum atomic E-state index is 12.1. The van der Waals surface area contributed by atoms with Crippen molar-refractivity contribution in [1.82, 2.24) is 4.90 Å². The highest BCUT2D eigenvalue weighted by Gasteiger charge is 2.22. The number of carbonyl (C=O) groups is 2. The van der Waals surface area contributed by atoms with Crippen molar-refractivity contribution in [2.45, 2.75) is 315 Å². The number of hydrogen-bond acceptors (Lipinski definition) is 5. The molecule has 1 unspecified atom stereocenters. The number of amidine groups is 1. The summed E-state index contributed by atoms with van der Waals surface area (Å²) in [5, 5.41) is 8.70. The molecule has 6 heteroatoms. The van der Waals surface area contributed by atoms with Crippen LogP contribution in [0.3, 0.4) is 0 Å². The molecule has 0 fully saturated rings. The summed E-state index contributed by atoms with van der Waals surface area (Å²) in [7, 11) is 0. The van der Waals surface area contributed by atoms with Crippen molar-refractivity contribution >= 4 is 17.8 Å². The second-order valence-corrected chi connectivity index (χ2v) is 19.5. The predicted molar refractivity (Wildman–Crippen MR) is 265 cm³/mol. The number of ether oxygens (including phenoxy) is 1. The summed E-state index contributed by atoms with van der Waals surface area (Å²) >= 11 is 0. The van der Waals surface area contributed by atoms with Gasteiger partial charge in [-0.1, -0.05) is 251 Å². The van der Waals surface area contributed by atoms with Crippen LogP contribution >= 0.6 is 0 Å². The molecule has 6 nitrogen and oxygen atoms in total. The predicted octanol–water partition coefficient (Wildman–Crippen LogP) is 17.7. The Morgan fingerprint density at radius 2 is 0.803 bits per heavy atom. The van der Waals surface area contributed by atoms with Crippen molar-refractivity contribution in [3.8, 4) is 0 Å². The van der Waals surface area contributed by atoms with E-state index in [-0.39, 0.29) is 5.97 Å². The first kappa shape index (κ1) is 57.4. The van der Waals surface area contributed by atoms with Crippen LogP contribution < -0.4 is 0 Å². The minimum atomic E-state index is -0.656. The molecule has 360 valence electrons. The van der Waals surface area contributed by atoms with E-state index in [9.17, 15) is 9.59 Å². The fraction of sp³-hybridized carbons (Fsp3) is 0.945. The lowest BCUT2D eigenvalue weighted by molar-refractivity contribution is -0.144. The largest absolute Gasteiger partial charge is 0.481 e. The highest BCUT2D eigenvalue weighted by atomic mass is 16.5. The molecule has 1 N–H and O–H groups in total. The number of carboxylic acid groups (broad SMARTS) is 1. The van der Waals surface area contributed by atoms with Gasteiger partial charge in [0.2, 0.25) is 0 Å². The first-order valence-corrected chi connectivity index (χ1v) is 27.7. The number of unbranched alkanes of at least 4 members (excludes halogenated alkanes) is 40. The maximum Gasteiger partial charge on any atom is 0.305 e. The first-order chi connectivity index (χ1) is 30.0. The Morgan fingerprint density at radius 1 is 0.475 bits per heavy atom. The Balaban J connectivity index is 1.78. The number of hydrogen-bond donors (Lipinski definition) is 1. The van der Waals surface area contributed by atoms with Crippen LogP contribution in [0.2, 0.25) is 0 Å². The third kappa shape index (κ3) is 40.9. The lowest BCUT2D eigenvalue weighted by atomic mass is 10.0. The molecule has 0 aromatic rings. The molecule has 1 atom stereocenters. The quantitative estimate of drug-likeness (QED) is 0.0487. The van der Waals surface area contributed by atoms with Crippen molar-refractivity contribution in [2.24, 2.45) is 4.99 Å². The smallest absolute Gasteiger partial charge is 0.305 e. The van der Waals surface area contributed by atoms with Gasteiger partial charge in [0.1, 0.15) is 0 Å². The topological polar surface area (TPSA) is 79.2 Å². The lowest BCUT2D eigenvalue weighted by Crippen LogP contribution is -2.35. The molecule has 0 saturated heterocycles. The van der Waals surface area contributed by atoms with Crippen LogP contribution in [0.15, 0.2) is 4.99 Å². The van der Waals surface area contributed by atoms with Crippen molar-refractivity contribution in [2.75, 3.05) is 19.7 Å². The summed E-state index contributed by atoms with van der Waals surface area (Å²) in [6.07, 6.45) is 59.1. The molecule has 0 aromatic heterocycles. The molecule has 0 aromatic carbocycles. The molecule has 1 aliphatic heterocycles. The first-order valence-electron chi connectivity index (χ1n) is 27.7. The molecule has 61 heavy (non-hydrogen) atoms. The highest BCUT2D eigenvalue weighted by Crippen LogP contribution is 2.20. The SMILES string of the molecule is CCCCCCCCCCCCCCCCOC(=O)CCCCCCCCCCCCCCCCCN1C(CCCCCCCCCCCCCCCCC(=O)O)=NCC1C. The molecule has 1 rings (SSSR count).